The van der Waals surface area contributed by atoms with Crippen molar-refractivity contribution in [3.63, 3.8) is 0 Å². The van der Waals surface area contributed by atoms with Crippen LogP contribution in [-0.2, 0) is 16.4 Å². The minimum Gasteiger partial charge on any atom is -0.310 e. The van der Waals surface area contributed by atoms with Crippen LogP contribution in [0.25, 0.3) is 0 Å². The molecule has 0 amide bonds. The molecular weight excluding hydrogens is 346 g/mol. The van der Waals surface area contributed by atoms with Gasteiger partial charge in [0.25, 0.3) is 0 Å². The fourth-order valence-electron chi connectivity index (χ4n) is 1.67. The second kappa shape index (κ2) is 6.61. The number of hydrogen-bond donors (Lipinski definition) is 1. The van der Waals surface area contributed by atoms with Crippen molar-refractivity contribution in [2.75, 3.05) is 17.8 Å². The molecule has 0 heterocycles. The maximum Gasteiger partial charge on any atom is 0.148 e. The van der Waals surface area contributed by atoms with E-state index in [2.05, 4.69) is 33.4 Å². The van der Waals surface area contributed by atoms with Gasteiger partial charge in [-0.05, 0) is 36.6 Å². The molecule has 0 unspecified atom stereocenters. The molecule has 6 heteroatoms. The summed E-state index contributed by atoms with van der Waals surface area (Å²) in [4.78, 5) is 1.17. The van der Waals surface area contributed by atoms with Crippen LogP contribution in [0.3, 0.4) is 0 Å². The highest BCUT2D eigenvalue weighted by molar-refractivity contribution is 9.10. The van der Waals surface area contributed by atoms with Crippen molar-refractivity contribution in [3.05, 3.63) is 28.2 Å². The van der Waals surface area contributed by atoms with Gasteiger partial charge in [0.2, 0.25) is 0 Å². The van der Waals surface area contributed by atoms with Crippen molar-refractivity contribution in [1.82, 2.24) is 5.32 Å². The molecule has 0 aromatic heterocycles. The minimum absolute atomic E-state index is 0.225. The average molecular weight is 364 g/mol. The summed E-state index contributed by atoms with van der Waals surface area (Å²) >= 11 is 5.10. The van der Waals surface area contributed by atoms with E-state index in [1.54, 1.807) is 11.8 Å². The van der Waals surface area contributed by atoms with Gasteiger partial charge in [-0.2, -0.15) is 0 Å². The van der Waals surface area contributed by atoms with E-state index in [9.17, 15) is 8.42 Å². The molecule has 3 nitrogen and oxygen atoms in total. The molecule has 0 spiro atoms. The van der Waals surface area contributed by atoms with Crippen LogP contribution in [-0.4, -0.2) is 32.2 Å². The Kier molecular flexibility index (Phi) is 5.34. The van der Waals surface area contributed by atoms with E-state index in [-0.39, 0.29) is 5.75 Å². The lowest BCUT2D eigenvalue weighted by molar-refractivity contribution is 0.603. The first-order valence-corrected chi connectivity index (χ1v) is 10.1. The van der Waals surface area contributed by atoms with Crippen molar-refractivity contribution in [2.24, 2.45) is 0 Å². The average Bonchev–Trinajstić information content (AvgIpc) is 3.11. The SMILES string of the molecule is CS(=O)(=O)CCSc1ccc(Br)cc1CNC1CC1. The van der Waals surface area contributed by atoms with Crippen LogP contribution in [0.4, 0.5) is 0 Å². The van der Waals surface area contributed by atoms with Crippen LogP contribution in [0, 0.1) is 0 Å². The van der Waals surface area contributed by atoms with Gasteiger partial charge in [0.05, 0.1) is 5.75 Å². The molecule has 19 heavy (non-hydrogen) atoms. The fourth-order valence-corrected chi connectivity index (χ4v) is 4.33. The molecular formula is C13H18BrNO2S2. The van der Waals surface area contributed by atoms with E-state index < -0.39 is 9.84 Å². The van der Waals surface area contributed by atoms with Crippen LogP contribution in [0.1, 0.15) is 18.4 Å². The van der Waals surface area contributed by atoms with Crippen LogP contribution < -0.4 is 5.32 Å². The number of sulfone groups is 1. The zero-order chi connectivity index (χ0) is 13.9. The van der Waals surface area contributed by atoms with Crippen molar-refractivity contribution in [2.45, 2.75) is 30.3 Å². The van der Waals surface area contributed by atoms with Crippen LogP contribution in [0.5, 0.6) is 0 Å². The zero-order valence-corrected chi connectivity index (χ0v) is 14.1. The van der Waals surface area contributed by atoms with E-state index in [0.29, 0.717) is 11.8 Å². The fraction of sp³-hybridized carbons (Fsp3) is 0.538. The van der Waals surface area contributed by atoms with Gasteiger partial charge in [0.15, 0.2) is 0 Å². The van der Waals surface area contributed by atoms with Crippen LogP contribution in [0.15, 0.2) is 27.6 Å². The highest BCUT2D eigenvalue weighted by Crippen LogP contribution is 2.27. The van der Waals surface area contributed by atoms with Crippen molar-refractivity contribution < 1.29 is 8.42 Å². The predicted octanol–water partition coefficient (Wildman–Crippen LogP) is 2.84. The molecule has 0 saturated heterocycles. The first-order valence-electron chi connectivity index (χ1n) is 6.26. The molecule has 1 saturated carbocycles. The number of hydrogen-bond acceptors (Lipinski definition) is 4. The molecule has 1 aliphatic carbocycles. The first kappa shape index (κ1) is 15.4. The van der Waals surface area contributed by atoms with Gasteiger partial charge >= 0.3 is 0 Å². The topological polar surface area (TPSA) is 46.2 Å². The molecule has 0 bridgehead atoms. The molecule has 106 valence electrons. The Morgan fingerprint density at radius 2 is 2.16 bits per heavy atom. The summed E-state index contributed by atoms with van der Waals surface area (Å²) in [7, 11) is -2.88. The van der Waals surface area contributed by atoms with E-state index in [4.69, 9.17) is 0 Å². The summed E-state index contributed by atoms with van der Waals surface area (Å²) in [5, 5.41) is 3.49. The molecule has 1 N–H and O–H groups in total. The van der Waals surface area contributed by atoms with E-state index >= 15 is 0 Å². The van der Waals surface area contributed by atoms with Gasteiger partial charge in [-0.25, -0.2) is 8.42 Å². The zero-order valence-electron chi connectivity index (χ0n) is 10.9. The standard InChI is InChI=1S/C13H18BrNO2S2/c1-19(16,17)7-6-18-13-5-2-11(14)8-10(13)9-15-12-3-4-12/h2,5,8,12,15H,3-4,6-7,9H2,1H3. The Labute approximate surface area is 127 Å². The Balaban J connectivity index is 1.96. The highest BCUT2D eigenvalue weighted by atomic mass is 79.9. The van der Waals surface area contributed by atoms with Crippen LogP contribution in [0.2, 0.25) is 0 Å². The summed E-state index contributed by atoms with van der Waals surface area (Å²) in [5.74, 6) is 0.833. The summed E-state index contributed by atoms with van der Waals surface area (Å²) in [6.45, 7) is 0.852. The first-order chi connectivity index (χ1) is 8.94. The third kappa shape index (κ3) is 5.85. The van der Waals surface area contributed by atoms with Gasteiger partial charge in [-0.1, -0.05) is 15.9 Å². The maximum absolute atomic E-state index is 11.2. The van der Waals surface area contributed by atoms with Gasteiger partial charge in [0.1, 0.15) is 9.84 Å². The Morgan fingerprint density at radius 3 is 2.79 bits per heavy atom. The van der Waals surface area contributed by atoms with Gasteiger partial charge in [-0.3, -0.25) is 0 Å². The molecule has 2 rings (SSSR count). The normalized spacial score (nSPS) is 15.7. The number of benzene rings is 1. The van der Waals surface area contributed by atoms with Crippen molar-refractivity contribution >= 4 is 37.5 Å². The Hall–Kier alpha value is -0.0400. The summed E-state index contributed by atoms with van der Waals surface area (Å²) < 4.78 is 23.4. The molecule has 0 aliphatic heterocycles. The third-order valence-corrected chi connectivity index (χ3v) is 5.71. The minimum atomic E-state index is -2.88. The van der Waals surface area contributed by atoms with Crippen LogP contribution >= 0.6 is 27.7 Å². The lowest BCUT2D eigenvalue weighted by atomic mass is 10.2. The Bertz CT molecular complexity index is 542. The van der Waals surface area contributed by atoms with E-state index in [0.717, 1.165) is 11.0 Å². The van der Waals surface area contributed by atoms with Crippen molar-refractivity contribution in [1.29, 1.82) is 0 Å². The summed E-state index contributed by atoms with van der Waals surface area (Å²) in [6, 6.07) is 6.84. The summed E-state index contributed by atoms with van der Waals surface area (Å²) in [6.07, 6.45) is 3.82. The molecule has 1 aromatic carbocycles. The quantitative estimate of drug-likeness (QED) is 0.756. The van der Waals surface area contributed by atoms with E-state index in [1.807, 2.05) is 6.07 Å². The molecule has 0 atom stereocenters. The third-order valence-electron chi connectivity index (χ3n) is 2.89. The second-order valence-corrected chi connectivity index (χ2v) is 9.20. The van der Waals surface area contributed by atoms with Crippen molar-refractivity contribution in [3.8, 4) is 0 Å². The molecule has 0 radical (unpaired) electrons. The highest BCUT2D eigenvalue weighted by Gasteiger charge is 2.20. The molecule has 1 fully saturated rings. The number of halogens is 1. The lowest BCUT2D eigenvalue weighted by Crippen LogP contribution is -2.16. The second-order valence-electron chi connectivity index (χ2n) is 4.89. The summed E-state index contributed by atoms with van der Waals surface area (Å²) in [5.41, 5.74) is 1.24. The maximum atomic E-state index is 11.2. The molecule has 1 aliphatic rings. The smallest absolute Gasteiger partial charge is 0.148 e. The lowest BCUT2D eigenvalue weighted by Gasteiger charge is -2.10. The van der Waals surface area contributed by atoms with Gasteiger partial charge < -0.3 is 5.32 Å². The largest absolute Gasteiger partial charge is 0.310 e. The number of nitrogens with one attached hydrogen (secondary N) is 1. The Morgan fingerprint density at radius 1 is 1.42 bits per heavy atom. The molecule has 1 aromatic rings. The van der Waals surface area contributed by atoms with Gasteiger partial charge in [-0.15, -0.1) is 11.8 Å². The van der Waals surface area contributed by atoms with Gasteiger partial charge in [0, 0.05) is 34.0 Å². The number of thioether (sulfide) groups is 1. The number of rotatable bonds is 7. The predicted molar refractivity (Wildman–Crippen MR) is 84.4 cm³/mol. The van der Waals surface area contributed by atoms with E-state index in [1.165, 1.54) is 29.6 Å². The monoisotopic (exact) mass is 363 g/mol.